The highest BCUT2D eigenvalue weighted by Crippen LogP contribution is 2.31. The van der Waals surface area contributed by atoms with Crippen molar-refractivity contribution in [1.82, 2.24) is 0 Å². The van der Waals surface area contributed by atoms with Gasteiger partial charge in [0.1, 0.15) is 0 Å². The Morgan fingerprint density at radius 2 is 1.90 bits per heavy atom. The summed E-state index contributed by atoms with van der Waals surface area (Å²) in [6.45, 7) is 3.92. The zero-order valence-corrected chi connectivity index (χ0v) is 12.8. The number of nitrogens with one attached hydrogen (secondary N) is 1. The second-order valence-corrected chi connectivity index (χ2v) is 5.41. The quantitative estimate of drug-likeness (QED) is 0.642. The van der Waals surface area contributed by atoms with E-state index in [0.29, 0.717) is 5.56 Å². The predicted molar refractivity (Wildman–Crippen MR) is 84.0 cm³/mol. The molecule has 20 heavy (non-hydrogen) atoms. The molecule has 0 saturated carbocycles. The first-order valence-corrected chi connectivity index (χ1v) is 7.05. The van der Waals surface area contributed by atoms with Crippen LogP contribution in [0.15, 0.2) is 46.9 Å². The van der Waals surface area contributed by atoms with Crippen molar-refractivity contribution in [1.29, 1.82) is 0 Å². The Morgan fingerprint density at radius 3 is 2.60 bits per heavy atom. The summed E-state index contributed by atoms with van der Waals surface area (Å²) in [4.78, 5) is 10.7. The van der Waals surface area contributed by atoms with Crippen molar-refractivity contribution >= 4 is 27.3 Å². The molecule has 1 unspecified atom stereocenters. The second kappa shape index (κ2) is 6.05. The summed E-state index contributed by atoms with van der Waals surface area (Å²) >= 11 is 3.53. The predicted octanol–water partition coefficient (Wildman–Crippen LogP) is 4.84. The summed E-state index contributed by atoms with van der Waals surface area (Å²) in [7, 11) is 0. The van der Waals surface area contributed by atoms with Crippen molar-refractivity contribution in [2.75, 3.05) is 5.32 Å². The lowest BCUT2D eigenvalue weighted by Crippen LogP contribution is -2.09. The first-order valence-electron chi connectivity index (χ1n) is 6.25. The molecule has 0 fully saturated rings. The molecule has 0 amide bonds. The van der Waals surface area contributed by atoms with E-state index in [-0.39, 0.29) is 16.7 Å². The van der Waals surface area contributed by atoms with E-state index in [1.54, 1.807) is 12.1 Å². The average Bonchev–Trinajstić information content (AvgIpc) is 2.43. The fourth-order valence-corrected chi connectivity index (χ4v) is 2.47. The number of para-hydroxylation sites is 1. The Bertz CT molecular complexity index is 644. The maximum absolute atomic E-state index is 11.1. The van der Waals surface area contributed by atoms with Gasteiger partial charge in [-0.25, -0.2) is 0 Å². The number of aryl methyl sites for hydroxylation is 1. The lowest BCUT2D eigenvalue weighted by atomic mass is 10.1. The molecule has 2 aromatic rings. The molecule has 5 heteroatoms. The van der Waals surface area contributed by atoms with Gasteiger partial charge in [-0.15, -0.1) is 0 Å². The normalized spacial score (nSPS) is 11.9. The van der Waals surface area contributed by atoms with Crippen LogP contribution in [-0.4, -0.2) is 4.92 Å². The monoisotopic (exact) mass is 334 g/mol. The standard InChI is InChI=1S/C15H15BrN2O2/c1-10-6-5-8-13(15(10)16)17-11(2)12-7-3-4-9-14(12)18(19)20/h3-9,11,17H,1-2H3. The third-order valence-electron chi connectivity index (χ3n) is 3.16. The van der Waals surface area contributed by atoms with Gasteiger partial charge in [-0.3, -0.25) is 10.1 Å². The molecule has 4 nitrogen and oxygen atoms in total. The fourth-order valence-electron chi connectivity index (χ4n) is 2.09. The second-order valence-electron chi connectivity index (χ2n) is 4.62. The van der Waals surface area contributed by atoms with Gasteiger partial charge < -0.3 is 5.32 Å². The van der Waals surface area contributed by atoms with Crippen LogP contribution in [0, 0.1) is 17.0 Å². The van der Waals surface area contributed by atoms with Crippen molar-refractivity contribution < 1.29 is 4.92 Å². The van der Waals surface area contributed by atoms with Crippen molar-refractivity contribution in [3.8, 4) is 0 Å². The fraction of sp³-hybridized carbons (Fsp3) is 0.200. The van der Waals surface area contributed by atoms with Crippen LogP contribution in [0.3, 0.4) is 0 Å². The highest BCUT2D eigenvalue weighted by Gasteiger charge is 2.18. The van der Waals surface area contributed by atoms with Gasteiger partial charge >= 0.3 is 0 Å². The van der Waals surface area contributed by atoms with E-state index in [0.717, 1.165) is 15.7 Å². The highest BCUT2D eigenvalue weighted by atomic mass is 79.9. The zero-order chi connectivity index (χ0) is 14.7. The molecule has 0 bridgehead atoms. The van der Waals surface area contributed by atoms with Gasteiger partial charge in [-0.2, -0.15) is 0 Å². The maximum Gasteiger partial charge on any atom is 0.274 e. The zero-order valence-electron chi connectivity index (χ0n) is 11.3. The summed E-state index contributed by atoms with van der Waals surface area (Å²) in [5.41, 5.74) is 2.85. The van der Waals surface area contributed by atoms with Crippen molar-refractivity contribution in [2.45, 2.75) is 19.9 Å². The molecular weight excluding hydrogens is 320 g/mol. The number of halogens is 1. The SMILES string of the molecule is Cc1cccc(NC(C)c2ccccc2[N+](=O)[O-])c1Br. The number of nitro groups is 1. The van der Waals surface area contributed by atoms with Crippen molar-refractivity contribution in [2.24, 2.45) is 0 Å². The van der Waals surface area contributed by atoms with Crippen LogP contribution in [0.2, 0.25) is 0 Å². The molecular formula is C15H15BrN2O2. The smallest absolute Gasteiger partial charge is 0.274 e. The Balaban J connectivity index is 2.31. The van der Waals surface area contributed by atoms with Gasteiger partial charge in [0.2, 0.25) is 0 Å². The molecule has 2 rings (SSSR count). The van der Waals surface area contributed by atoms with Gasteiger partial charge in [0.15, 0.2) is 0 Å². The molecule has 0 aliphatic carbocycles. The van der Waals surface area contributed by atoms with E-state index in [2.05, 4.69) is 21.2 Å². The van der Waals surface area contributed by atoms with Crippen LogP contribution in [0.25, 0.3) is 0 Å². The summed E-state index contributed by atoms with van der Waals surface area (Å²) in [6.07, 6.45) is 0. The van der Waals surface area contributed by atoms with Crippen molar-refractivity contribution in [3.63, 3.8) is 0 Å². The number of hydrogen-bond acceptors (Lipinski definition) is 3. The Labute approximate surface area is 126 Å². The van der Waals surface area contributed by atoms with E-state index in [9.17, 15) is 10.1 Å². The lowest BCUT2D eigenvalue weighted by Gasteiger charge is -2.17. The van der Waals surface area contributed by atoms with Gasteiger partial charge in [-0.1, -0.05) is 30.3 Å². The third-order valence-corrected chi connectivity index (χ3v) is 4.22. The molecule has 0 aliphatic rings. The topological polar surface area (TPSA) is 55.2 Å². The Morgan fingerprint density at radius 1 is 1.20 bits per heavy atom. The summed E-state index contributed by atoms with van der Waals surface area (Å²) in [6, 6.07) is 12.5. The number of anilines is 1. The van der Waals surface area contributed by atoms with Crippen LogP contribution in [0.5, 0.6) is 0 Å². The molecule has 0 spiro atoms. The third kappa shape index (κ3) is 2.99. The number of nitro benzene ring substituents is 1. The highest BCUT2D eigenvalue weighted by molar-refractivity contribution is 9.10. The Hall–Kier alpha value is -1.88. The molecule has 0 radical (unpaired) electrons. The minimum atomic E-state index is -0.348. The van der Waals surface area contributed by atoms with Crippen LogP contribution >= 0.6 is 15.9 Å². The van der Waals surface area contributed by atoms with E-state index < -0.39 is 0 Å². The van der Waals surface area contributed by atoms with Gasteiger partial charge in [-0.05, 0) is 41.4 Å². The van der Waals surface area contributed by atoms with Crippen molar-refractivity contribution in [3.05, 3.63) is 68.2 Å². The Kier molecular flexibility index (Phi) is 4.39. The first-order chi connectivity index (χ1) is 9.50. The number of hydrogen-bond donors (Lipinski definition) is 1. The minimum absolute atomic E-state index is 0.135. The van der Waals surface area contributed by atoms with E-state index in [1.807, 2.05) is 38.1 Å². The molecule has 104 valence electrons. The van der Waals surface area contributed by atoms with E-state index >= 15 is 0 Å². The van der Waals surface area contributed by atoms with Crippen LogP contribution in [0.1, 0.15) is 24.1 Å². The molecule has 1 atom stereocenters. The van der Waals surface area contributed by atoms with Gasteiger partial charge in [0.25, 0.3) is 5.69 Å². The summed E-state index contributed by atoms with van der Waals surface area (Å²) in [5.74, 6) is 0. The minimum Gasteiger partial charge on any atom is -0.377 e. The number of benzene rings is 2. The van der Waals surface area contributed by atoms with Crippen LogP contribution in [0.4, 0.5) is 11.4 Å². The lowest BCUT2D eigenvalue weighted by molar-refractivity contribution is -0.385. The largest absolute Gasteiger partial charge is 0.377 e. The van der Waals surface area contributed by atoms with Crippen LogP contribution in [-0.2, 0) is 0 Å². The molecule has 0 heterocycles. The summed E-state index contributed by atoms with van der Waals surface area (Å²) < 4.78 is 0.977. The van der Waals surface area contributed by atoms with Gasteiger partial charge in [0, 0.05) is 16.2 Å². The summed E-state index contributed by atoms with van der Waals surface area (Å²) in [5, 5.41) is 14.4. The van der Waals surface area contributed by atoms with Crippen LogP contribution < -0.4 is 5.32 Å². The molecule has 2 aromatic carbocycles. The molecule has 0 aliphatic heterocycles. The molecule has 0 aromatic heterocycles. The average molecular weight is 335 g/mol. The van der Waals surface area contributed by atoms with E-state index in [1.165, 1.54) is 6.07 Å². The number of nitrogens with zero attached hydrogens (tertiary/aromatic N) is 1. The maximum atomic E-state index is 11.1. The van der Waals surface area contributed by atoms with E-state index in [4.69, 9.17) is 0 Å². The van der Waals surface area contributed by atoms with Gasteiger partial charge in [0.05, 0.1) is 16.5 Å². The molecule has 0 saturated heterocycles. The number of rotatable bonds is 4. The first kappa shape index (κ1) is 14.5. The molecule has 1 N–H and O–H groups in total.